The second-order valence-corrected chi connectivity index (χ2v) is 6.16. The van der Waals surface area contributed by atoms with Gasteiger partial charge in [0.2, 0.25) is 11.5 Å². The van der Waals surface area contributed by atoms with Gasteiger partial charge in [-0.05, 0) is 38.0 Å². The summed E-state index contributed by atoms with van der Waals surface area (Å²) in [6, 6.07) is 0. The predicted molar refractivity (Wildman–Crippen MR) is 94.0 cm³/mol. The second kappa shape index (κ2) is 8.83. The third-order valence-electron chi connectivity index (χ3n) is 4.78. The summed E-state index contributed by atoms with van der Waals surface area (Å²) in [5.41, 5.74) is 2.24. The molecule has 1 aromatic carbocycles. The lowest BCUT2D eigenvalue weighted by Crippen LogP contribution is -2.08. The lowest BCUT2D eigenvalue weighted by atomic mass is 9.96. The van der Waals surface area contributed by atoms with E-state index in [1.165, 1.54) is 6.92 Å². The molecule has 6 heteroatoms. The van der Waals surface area contributed by atoms with Gasteiger partial charge >= 0.3 is 5.97 Å². The van der Waals surface area contributed by atoms with Crippen LogP contribution in [0.2, 0.25) is 0 Å². The Balaban J connectivity index is 2.32. The van der Waals surface area contributed by atoms with Crippen molar-refractivity contribution in [3.05, 3.63) is 11.1 Å². The number of ether oxygens (including phenoxy) is 5. The molecule has 0 atom stereocenters. The highest BCUT2D eigenvalue weighted by atomic mass is 16.5. The average Bonchev–Trinajstić information content (AvgIpc) is 2.82. The molecule has 0 saturated heterocycles. The summed E-state index contributed by atoms with van der Waals surface area (Å²) >= 11 is 0. The van der Waals surface area contributed by atoms with E-state index in [2.05, 4.69) is 0 Å². The van der Waals surface area contributed by atoms with Crippen LogP contribution in [-0.2, 0) is 22.4 Å². The molecule has 0 spiro atoms. The Kier molecular flexibility index (Phi) is 6.79. The number of methoxy groups -OCH3 is 4. The van der Waals surface area contributed by atoms with Gasteiger partial charge in [-0.1, -0.05) is 0 Å². The summed E-state index contributed by atoms with van der Waals surface area (Å²) in [6.07, 6.45) is 4.60. The first-order valence-corrected chi connectivity index (χ1v) is 8.58. The Morgan fingerprint density at radius 3 is 1.64 bits per heavy atom. The number of hydrogen-bond acceptors (Lipinski definition) is 6. The predicted octanol–water partition coefficient (Wildman–Crippen LogP) is 3.17. The van der Waals surface area contributed by atoms with E-state index in [0.29, 0.717) is 24.0 Å². The number of rotatable bonds is 7. The lowest BCUT2D eigenvalue weighted by molar-refractivity contribution is -0.141. The largest absolute Gasteiger partial charge is 0.492 e. The highest BCUT2D eigenvalue weighted by molar-refractivity contribution is 5.67. The Labute approximate surface area is 149 Å². The average molecular weight is 352 g/mol. The van der Waals surface area contributed by atoms with Gasteiger partial charge in [0.15, 0.2) is 11.5 Å². The molecule has 1 aliphatic carbocycles. The van der Waals surface area contributed by atoms with Crippen molar-refractivity contribution >= 4 is 5.97 Å². The van der Waals surface area contributed by atoms with Gasteiger partial charge in [-0.2, -0.15) is 0 Å². The molecule has 0 aliphatic heterocycles. The van der Waals surface area contributed by atoms with Gasteiger partial charge in [0.05, 0.1) is 35.0 Å². The van der Waals surface area contributed by atoms with Gasteiger partial charge in [0.1, 0.15) is 0 Å². The van der Waals surface area contributed by atoms with Gasteiger partial charge in [-0.25, -0.2) is 0 Å². The van der Waals surface area contributed by atoms with E-state index in [0.717, 1.165) is 54.7 Å². The maximum Gasteiger partial charge on any atom is 0.302 e. The van der Waals surface area contributed by atoms with Crippen molar-refractivity contribution in [3.8, 4) is 23.0 Å². The normalized spacial score (nSPS) is 14.3. The number of hydrogen-bond donors (Lipinski definition) is 0. The van der Waals surface area contributed by atoms with Crippen molar-refractivity contribution in [2.24, 2.45) is 5.92 Å². The molecule has 0 heterocycles. The fourth-order valence-electron chi connectivity index (χ4n) is 3.59. The van der Waals surface area contributed by atoms with Gasteiger partial charge in [-0.15, -0.1) is 0 Å². The third-order valence-corrected chi connectivity index (χ3v) is 4.78. The van der Waals surface area contributed by atoms with E-state index in [1.54, 1.807) is 28.4 Å². The van der Waals surface area contributed by atoms with Crippen molar-refractivity contribution < 1.29 is 28.5 Å². The molecule has 2 rings (SSSR count). The van der Waals surface area contributed by atoms with Crippen LogP contribution in [0.15, 0.2) is 0 Å². The molecule has 0 radical (unpaired) electrons. The van der Waals surface area contributed by atoms with Crippen LogP contribution in [0.4, 0.5) is 0 Å². The first-order valence-electron chi connectivity index (χ1n) is 8.58. The quantitative estimate of drug-likeness (QED) is 0.555. The minimum atomic E-state index is -0.227. The molecule has 6 nitrogen and oxygen atoms in total. The fraction of sp³-hybridized carbons (Fsp3) is 0.632. The number of carbonyl (C=O) groups excluding carboxylic acids is 1. The lowest BCUT2D eigenvalue weighted by Gasteiger charge is -2.21. The van der Waals surface area contributed by atoms with E-state index in [-0.39, 0.29) is 5.97 Å². The number of carbonyl (C=O) groups is 1. The Morgan fingerprint density at radius 2 is 1.28 bits per heavy atom. The summed E-state index contributed by atoms with van der Waals surface area (Å²) < 4.78 is 27.5. The standard InChI is InChI=1S/C19H28O6/c1-12(20)25-11-10-13-6-8-14-15(9-7-13)17(22-3)19(24-5)18(23-4)16(14)21-2/h13H,6-11H2,1-5H3. The van der Waals surface area contributed by atoms with Crippen LogP contribution in [0.3, 0.4) is 0 Å². The van der Waals surface area contributed by atoms with Crippen LogP contribution in [0.5, 0.6) is 23.0 Å². The summed E-state index contributed by atoms with van der Waals surface area (Å²) in [7, 11) is 6.50. The highest BCUT2D eigenvalue weighted by Crippen LogP contribution is 2.51. The molecule has 0 unspecified atom stereocenters. The minimum absolute atomic E-state index is 0.227. The van der Waals surface area contributed by atoms with Crippen LogP contribution >= 0.6 is 0 Å². The van der Waals surface area contributed by atoms with Crippen LogP contribution in [0.1, 0.15) is 37.3 Å². The van der Waals surface area contributed by atoms with Crippen LogP contribution < -0.4 is 18.9 Å². The molecule has 0 bridgehead atoms. The number of esters is 1. The third kappa shape index (κ3) is 4.11. The highest BCUT2D eigenvalue weighted by Gasteiger charge is 2.29. The molecule has 0 saturated carbocycles. The topological polar surface area (TPSA) is 63.2 Å². The molecule has 1 aliphatic rings. The van der Waals surface area contributed by atoms with Crippen LogP contribution in [0.25, 0.3) is 0 Å². The van der Waals surface area contributed by atoms with Gasteiger partial charge in [-0.3, -0.25) is 4.79 Å². The zero-order chi connectivity index (χ0) is 18.4. The number of benzene rings is 1. The summed E-state index contributed by atoms with van der Waals surface area (Å²) in [5.74, 6) is 2.83. The SMILES string of the molecule is COc1c2c(c(OC)c(OC)c1OC)CCC(CCOC(C)=O)CC2. The molecular weight excluding hydrogens is 324 g/mol. The van der Waals surface area contributed by atoms with Crippen LogP contribution in [-0.4, -0.2) is 41.0 Å². The molecule has 1 aromatic rings. The maximum absolute atomic E-state index is 11.0. The summed E-state index contributed by atoms with van der Waals surface area (Å²) in [6.45, 7) is 1.91. The Bertz CT molecular complexity index is 568. The van der Waals surface area contributed by atoms with Gasteiger partial charge in [0.25, 0.3) is 0 Å². The molecule has 0 N–H and O–H groups in total. The van der Waals surface area contributed by atoms with E-state index in [4.69, 9.17) is 23.7 Å². The number of fused-ring (bicyclic) bond motifs is 1. The smallest absolute Gasteiger partial charge is 0.302 e. The van der Waals surface area contributed by atoms with Crippen LogP contribution in [0, 0.1) is 5.92 Å². The molecular formula is C19H28O6. The second-order valence-electron chi connectivity index (χ2n) is 6.16. The molecule has 25 heavy (non-hydrogen) atoms. The van der Waals surface area contributed by atoms with E-state index >= 15 is 0 Å². The Morgan fingerprint density at radius 1 is 0.840 bits per heavy atom. The van der Waals surface area contributed by atoms with Crippen molar-refractivity contribution in [2.75, 3.05) is 35.0 Å². The Hall–Kier alpha value is -2.11. The van der Waals surface area contributed by atoms with Gasteiger partial charge in [0, 0.05) is 18.1 Å². The van der Waals surface area contributed by atoms with Crippen molar-refractivity contribution in [2.45, 2.75) is 39.0 Å². The van der Waals surface area contributed by atoms with Crippen molar-refractivity contribution in [1.82, 2.24) is 0 Å². The molecule has 0 aromatic heterocycles. The monoisotopic (exact) mass is 352 g/mol. The molecule has 0 amide bonds. The van der Waals surface area contributed by atoms with E-state index < -0.39 is 0 Å². The van der Waals surface area contributed by atoms with Crippen molar-refractivity contribution in [3.63, 3.8) is 0 Å². The first kappa shape index (κ1) is 19.2. The molecule has 140 valence electrons. The van der Waals surface area contributed by atoms with Crippen molar-refractivity contribution in [1.29, 1.82) is 0 Å². The van der Waals surface area contributed by atoms with E-state index in [1.807, 2.05) is 0 Å². The zero-order valence-electron chi connectivity index (χ0n) is 15.8. The zero-order valence-corrected chi connectivity index (χ0v) is 15.8. The fourth-order valence-corrected chi connectivity index (χ4v) is 3.59. The minimum Gasteiger partial charge on any atom is -0.492 e. The summed E-state index contributed by atoms with van der Waals surface area (Å²) in [4.78, 5) is 11.0. The summed E-state index contributed by atoms with van der Waals surface area (Å²) in [5, 5.41) is 0. The first-order chi connectivity index (χ1) is 12.1. The molecule has 0 fully saturated rings. The van der Waals surface area contributed by atoms with Gasteiger partial charge < -0.3 is 23.7 Å². The maximum atomic E-state index is 11.0. The van der Waals surface area contributed by atoms with E-state index in [9.17, 15) is 4.79 Å².